The Morgan fingerprint density at radius 1 is 1.47 bits per heavy atom. The maximum Gasteiger partial charge on any atom is 0.253 e. The van der Waals surface area contributed by atoms with Crippen LogP contribution >= 0.6 is 0 Å². The first-order valence-electron chi connectivity index (χ1n) is 5.78. The van der Waals surface area contributed by atoms with E-state index in [0.717, 1.165) is 18.7 Å². The van der Waals surface area contributed by atoms with E-state index in [2.05, 4.69) is 0 Å². The molecule has 1 aliphatic heterocycles. The second-order valence-electron chi connectivity index (χ2n) is 4.32. The summed E-state index contributed by atoms with van der Waals surface area (Å²) in [4.78, 5) is 13.9. The van der Waals surface area contributed by atoms with Crippen molar-refractivity contribution in [2.75, 3.05) is 26.8 Å². The van der Waals surface area contributed by atoms with Gasteiger partial charge in [-0.25, -0.2) is 0 Å². The van der Waals surface area contributed by atoms with Crippen LogP contribution in [0.25, 0.3) is 0 Å². The minimum absolute atomic E-state index is 0.0311. The maximum atomic E-state index is 12.1. The molecule has 1 heterocycles. The molecule has 1 aromatic carbocycles. The van der Waals surface area contributed by atoms with Gasteiger partial charge in [0.05, 0.1) is 7.11 Å². The molecule has 0 saturated carbocycles. The zero-order valence-corrected chi connectivity index (χ0v) is 9.93. The second-order valence-corrected chi connectivity index (χ2v) is 4.32. The van der Waals surface area contributed by atoms with Crippen molar-refractivity contribution in [3.8, 4) is 5.75 Å². The van der Waals surface area contributed by atoms with E-state index in [9.17, 15) is 4.79 Å². The lowest BCUT2D eigenvalue weighted by Gasteiger charge is -2.16. The lowest BCUT2D eigenvalue weighted by atomic mass is 10.1. The molecule has 0 spiro atoms. The number of likely N-dealkylation sites (tertiary alicyclic amines) is 1. The number of carbonyl (C=O) groups is 1. The van der Waals surface area contributed by atoms with Crippen molar-refractivity contribution in [1.82, 2.24) is 4.90 Å². The zero-order valence-electron chi connectivity index (χ0n) is 9.93. The number of benzene rings is 1. The summed E-state index contributed by atoms with van der Waals surface area (Å²) in [5.41, 5.74) is 0.671. The fourth-order valence-corrected chi connectivity index (χ4v) is 2.08. The average Bonchev–Trinajstić information content (AvgIpc) is 2.87. The van der Waals surface area contributed by atoms with Crippen LogP contribution in [0.4, 0.5) is 0 Å². The Kier molecular flexibility index (Phi) is 3.64. The quantitative estimate of drug-likeness (QED) is 0.855. The summed E-state index contributed by atoms with van der Waals surface area (Å²) in [6, 6.07) is 7.11. The van der Waals surface area contributed by atoms with Crippen molar-refractivity contribution in [3.63, 3.8) is 0 Å². The predicted octanol–water partition coefficient (Wildman–Crippen LogP) is 1.15. The summed E-state index contributed by atoms with van der Waals surface area (Å²) in [5.74, 6) is 1.01. The largest absolute Gasteiger partial charge is 0.497 e. The van der Waals surface area contributed by atoms with Gasteiger partial charge in [0.1, 0.15) is 5.75 Å². The van der Waals surface area contributed by atoms with E-state index < -0.39 is 0 Å². The SMILES string of the molecule is COc1ccc(C(=O)N2CCC(CO)C2)cc1. The van der Waals surface area contributed by atoms with E-state index in [-0.39, 0.29) is 18.4 Å². The molecule has 0 aliphatic carbocycles. The van der Waals surface area contributed by atoms with Crippen molar-refractivity contribution in [2.24, 2.45) is 5.92 Å². The molecule has 1 fully saturated rings. The molecule has 0 bridgehead atoms. The zero-order chi connectivity index (χ0) is 12.3. The fourth-order valence-electron chi connectivity index (χ4n) is 2.08. The Bertz CT molecular complexity index is 388. The van der Waals surface area contributed by atoms with Crippen molar-refractivity contribution in [1.29, 1.82) is 0 Å². The number of amides is 1. The molecule has 1 atom stereocenters. The minimum Gasteiger partial charge on any atom is -0.497 e. The molecule has 92 valence electrons. The van der Waals surface area contributed by atoms with Gasteiger partial charge in [-0.1, -0.05) is 0 Å². The van der Waals surface area contributed by atoms with E-state index in [1.807, 2.05) is 0 Å². The average molecular weight is 235 g/mol. The summed E-state index contributed by atoms with van der Waals surface area (Å²) in [6.07, 6.45) is 0.887. The first-order valence-corrected chi connectivity index (χ1v) is 5.78. The number of hydrogen-bond donors (Lipinski definition) is 1. The summed E-state index contributed by atoms with van der Waals surface area (Å²) < 4.78 is 5.05. The summed E-state index contributed by atoms with van der Waals surface area (Å²) in [5, 5.41) is 9.05. The fraction of sp³-hybridized carbons (Fsp3) is 0.462. The first-order chi connectivity index (χ1) is 8.24. The monoisotopic (exact) mass is 235 g/mol. The normalized spacial score (nSPS) is 19.4. The standard InChI is InChI=1S/C13H17NO3/c1-17-12-4-2-11(3-5-12)13(16)14-7-6-10(8-14)9-15/h2-5,10,15H,6-9H2,1H3. The molecule has 2 rings (SSSR count). The number of aliphatic hydroxyl groups excluding tert-OH is 1. The van der Waals surface area contributed by atoms with E-state index in [1.54, 1.807) is 36.3 Å². The molecule has 0 aromatic heterocycles. The molecule has 4 nitrogen and oxygen atoms in total. The third-order valence-corrected chi connectivity index (χ3v) is 3.17. The number of ether oxygens (including phenoxy) is 1. The number of hydrogen-bond acceptors (Lipinski definition) is 3. The molecule has 1 saturated heterocycles. The third kappa shape index (κ3) is 2.58. The van der Waals surface area contributed by atoms with Gasteiger partial charge < -0.3 is 14.7 Å². The van der Waals surface area contributed by atoms with Gasteiger partial charge in [-0.05, 0) is 30.7 Å². The number of aliphatic hydroxyl groups is 1. The first kappa shape index (κ1) is 11.9. The highest BCUT2D eigenvalue weighted by molar-refractivity contribution is 5.94. The van der Waals surface area contributed by atoms with Gasteiger partial charge in [0, 0.05) is 31.2 Å². The molecule has 1 aliphatic rings. The highest BCUT2D eigenvalue weighted by Crippen LogP contribution is 2.19. The Morgan fingerprint density at radius 2 is 2.18 bits per heavy atom. The molecule has 1 N–H and O–H groups in total. The van der Waals surface area contributed by atoms with Crippen LogP contribution in [0.15, 0.2) is 24.3 Å². The topological polar surface area (TPSA) is 49.8 Å². The lowest BCUT2D eigenvalue weighted by Crippen LogP contribution is -2.29. The summed E-state index contributed by atoms with van der Waals surface area (Å²) >= 11 is 0. The van der Waals surface area contributed by atoms with E-state index in [4.69, 9.17) is 9.84 Å². The second kappa shape index (κ2) is 5.19. The van der Waals surface area contributed by atoms with Crippen LogP contribution in [0.1, 0.15) is 16.8 Å². The Morgan fingerprint density at radius 3 is 2.71 bits per heavy atom. The minimum atomic E-state index is 0.0311. The highest BCUT2D eigenvalue weighted by Gasteiger charge is 2.26. The van der Waals surface area contributed by atoms with Crippen LogP contribution < -0.4 is 4.74 Å². The van der Waals surface area contributed by atoms with Crippen molar-refractivity contribution >= 4 is 5.91 Å². The number of rotatable bonds is 3. The molecule has 1 unspecified atom stereocenters. The van der Waals surface area contributed by atoms with Crippen LogP contribution in [0.3, 0.4) is 0 Å². The smallest absolute Gasteiger partial charge is 0.253 e. The lowest BCUT2D eigenvalue weighted by molar-refractivity contribution is 0.0782. The van der Waals surface area contributed by atoms with Gasteiger partial charge in [-0.2, -0.15) is 0 Å². The van der Waals surface area contributed by atoms with Gasteiger partial charge in [-0.15, -0.1) is 0 Å². The van der Waals surface area contributed by atoms with Gasteiger partial charge in [0.15, 0.2) is 0 Å². The molecule has 0 radical (unpaired) electrons. The van der Waals surface area contributed by atoms with Gasteiger partial charge in [0.2, 0.25) is 0 Å². The van der Waals surface area contributed by atoms with Gasteiger partial charge in [-0.3, -0.25) is 4.79 Å². The van der Waals surface area contributed by atoms with Crippen LogP contribution in [-0.4, -0.2) is 42.7 Å². The van der Waals surface area contributed by atoms with E-state index >= 15 is 0 Å². The van der Waals surface area contributed by atoms with Crippen molar-refractivity contribution in [2.45, 2.75) is 6.42 Å². The predicted molar refractivity (Wildman–Crippen MR) is 64.1 cm³/mol. The van der Waals surface area contributed by atoms with Crippen molar-refractivity contribution < 1.29 is 14.6 Å². The highest BCUT2D eigenvalue weighted by atomic mass is 16.5. The Hall–Kier alpha value is -1.55. The van der Waals surface area contributed by atoms with E-state index in [0.29, 0.717) is 12.1 Å². The molecule has 4 heteroatoms. The van der Waals surface area contributed by atoms with Gasteiger partial charge in [0.25, 0.3) is 5.91 Å². The Labute approximate surface area is 101 Å². The molecule has 17 heavy (non-hydrogen) atoms. The van der Waals surface area contributed by atoms with Gasteiger partial charge >= 0.3 is 0 Å². The molecular formula is C13H17NO3. The summed E-state index contributed by atoms with van der Waals surface area (Å²) in [7, 11) is 1.60. The third-order valence-electron chi connectivity index (χ3n) is 3.17. The number of methoxy groups -OCH3 is 1. The van der Waals surface area contributed by atoms with E-state index in [1.165, 1.54) is 0 Å². The Balaban J connectivity index is 2.04. The number of nitrogens with zero attached hydrogens (tertiary/aromatic N) is 1. The van der Waals surface area contributed by atoms with Crippen LogP contribution in [0.5, 0.6) is 5.75 Å². The molecular weight excluding hydrogens is 218 g/mol. The van der Waals surface area contributed by atoms with Crippen LogP contribution in [0, 0.1) is 5.92 Å². The van der Waals surface area contributed by atoms with Crippen LogP contribution in [-0.2, 0) is 0 Å². The van der Waals surface area contributed by atoms with Crippen molar-refractivity contribution in [3.05, 3.63) is 29.8 Å². The maximum absolute atomic E-state index is 12.1. The molecule has 1 aromatic rings. The summed E-state index contributed by atoms with van der Waals surface area (Å²) in [6.45, 7) is 1.55. The number of carbonyl (C=O) groups excluding carboxylic acids is 1. The van der Waals surface area contributed by atoms with Crippen LogP contribution in [0.2, 0.25) is 0 Å². The molecule has 1 amide bonds.